The molecule has 1 amide bonds. The van der Waals surface area contributed by atoms with Gasteiger partial charge in [0.15, 0.2) is 16.7 Å². The number of carbonyl (C=O) groups is 1. The van der Waals surface area contributed by atoms with Crippen molar-refractivity contribution in [3.63, 3.8) is 0 Å². The number of amides is 1. The van der Waals surface area contributed by atoms with Gasteiger partial charge in [-0.15, -0.1) is 4.40 Å². The van der Waals surface area contributed by atoms with Crippen LogP contribution in [0.25, 0.3) is 5.70 Å². The number of fused-ring (bicyclic) bond motifs is 2. The molecule has 3 aliphatic heterocycles. The van der Waals surface area contributed by atoms with Crippen molar-refractivity contribution in [2.45, 2.75) is 6.10 Å². The van der Waals surface area contributed by atoms with Crippen LogP contribution in [-0.2, 0) is 14.8 Å². The van der Waals surface area contributed by atoms with Crippen LogP contribution in [0.1, 0.15) is 5.56 Å². The minimum Gasteiger partial charge on any atom is -0.486 e. The van der Waals surface area contributed by atoms with E-state index >= 15 is 0 Å². The van der Waals surface area contributed by atoms with Gasteiger partial charge < -0.3 is 19.7 Å². The van der Waals surface area contributed by atoms with Crippen molar-refractivity contribution < 1.29 is 22.7 Å². The number of hydrogen-bond donors (Lipinski definition) is 1. The summed E-state index contributed by atoms with van der Waals surface area (Å²) in [6.07, 6.45) is -0.327. The predicted octanol–water partition coefficient (Wildman–Crippen LogP) is 2.06. The Labute approximate surface area is 184 Å². The Kier molecular flexibility index (Phi) is 5.11. The minimum absolute atomic E-state index is 0.0883. The standard InChI is InChI=1S/C21H19N3O5S2/c25-20(22-12-15-13-28-16-8-4-5-9-17(16)29-15)19-18(14-6-2-1-3-7-14)24-10-11-31(26,27)23-21(24)30-19/h1-9,15H,10-13H2,(H,22,25). The zero-order valence-electron chi connectivity index (χ0n) is 16.4. The van der Waals surface area contributed by atoms with Gasteiger partial charge in [-0.2, -0.15) is 0 Å². The van der Waals surface area contributed by atoms with Crippen LogP contribution in [0.4, 0.5) is 0 Å². The molecule has 0 aromatic heterocycles. The maximum absolute atomic E-state index is 13.1. The van der Waals surface area contributed by atoms with Gasteiger partial charge in [-0.3, -0.25) is 4.79 Å². The van der Waals surface area contributed by atoms with Crippen molar-refractivity contribution in [1.82, 2.24) is 10.2 Å². The second-order valence-electron chi connectivity index (χ2n) is 7.16. The number of hydrogen-bond acceptors (Lipinski definition) is 7. The van der Waals surface area contributed by atoms with E-state index in [1.165, 1.54) is 0 Å². The maximum atomic E-state index is 13.1. The molecular weight excluding hydrogens is 438 g/mol. The van der Waals surface area contributed by atoms with E-state index in [1.54, 1.807) is 4.90 Å². The molecule has 10 heteroatoms. The van der Waals surface area contributed by atoms with Crippen LogP contribution < -0.4 is 14.8 Å². The molecule has 160 valence electrons. The highest BCUT2D eigenvalue weighted by molar-refractivity contribution is 8.19. The molecule has 2 aromatic carbocycles. The van der Waals surface area contributed by atoms with Gasteiger partial charge in [0.05, 0.1) is 18.0 Å². The summed E-state index contributed by atoms with van der Waals surface area (Å²) in [5.74, 6) is 0.932. The zero-order valence-corrected chi connectivity index (χ0v) is 18.0. The van der Waals surface area contributed by atoms with E-state index in [0.29, 0.717) is 33.9 Å². The fourth-order valence-electron chi connectivity index (χ4n) is 3.55. The van der Waals surface area contributed by atoms with E-state index in [4.69, 9.17) is 9.47 Å². The molecule has 1 N–H and O–H groups in total. The molecule has 1 unspecified atom stereocenters. The predicted molar refractivity (Wildman–Crippen MR) is 118 cm³/mol. The Morgan fingerprint density at radius 3 is 2.68 bits per heavy atom. The summed E-state index contributed by atoms with van der Waals surface area (Å²) in [5.41, 5.74) is 1.50. The van der Waals surface area contributed by atoms with E-state index < -0.39 is 10.0 Å². The first-order valence-corrected chi connectivity index (χ1v) is 12.2. The molecule has 0 aliphatic carbocycles. The van der Waals surface area contributed by atoms with Crippen molar-refractivity contribution in [2.75, 3.05) is 25.4 Å². The largest absolute Gasteiger partial charge is 0.486 e. The van der Waals surface area contributed by atoms with Gasteiger partial charge in [0, 0.05) is 6.54 Å². The summed E-state index contributed by atoms with van der Waals surface area (Å²) in [5, 5.41) is 3.21. The fraction of sp³-hybridized carbons (Fsp3) is 0.238. The molecule has 0 saturated carbocycles. The number of benzene rings is 2. The lowest BCUT2D eigenvalue weighted by Crippen LogP contribution is -2.41. The quantitative estimate of drug-likeness (QED) is 0.751. The summed E-state index contributed by atoms with van der Waals surface area (Å²) < 4.78 is 39.4. The van der Waals surface area contributed by atoms with Crippen molar-refractivity contribution in [2.24, 2.45) is 4.40 Å². The van der Waals surface area contributed by atoms with Crippen molar-refractivity contribution >= 4 is 38.6 Å². The van der Waals surface area contributed by atoms with Crippen LogP contribution in [0.2, 0.25) is 0 Å². The number of amidine groups is 1. The SMILES string of the molecule is O=C(NCC1COc2ccccc2O1)C1=C(c2ccccc2)N2CCS(=O)(=O)N=C2S1. The Morgan fingerprint density at radius 2 is 1.87 bits per heavy atom. The van der Waals surface area contributed by atoms with Crippen LogP contribution in [0, 0.1) is 0 Å². The Morgan fingerprint density at radius 1 is 1.13 bits per heavy atom. The van der Waals surface area contributed by atoms with Crippen molar-refractivity contribution in [1.29, 1.82) is 0 Å². The summed E-state index contributed by atoms with van der Waals surface area (Å²) in [6.45, 7) is 0.835. The molecule has 0 spiro atoms. The lowest BCUT2D eigenvalue weighted by atomic mass is 10.1. The molecule has 1 atom stereocenters. The van der Waals surface area contributed by atoms with Crippen molar-refractivity contribution in [3.8, 4) is 11.5 Å². The topological polar surface area (TPSA) is 97.3 Å². The molecule has 31 heavy (non-hydrogen) atoms. The highest BCUT2D eigenvalue weighted by Crippen LogP contribution is 2.41. The zero-order chi connectivity index (χ0) is 21.4. The van der Waals surface area contributed by atoms with E-state index in [2.05, 4.69) is 9.71 Å². The molecule has 3 aliphatic rings. The summed E-state index contributed by atoms with van der Waals surface area (Å²) in [6, 6.07) is 16.8. The first-order chi connectivity index (χ1) is 15.0. The van der Waals surface area contributed by atoms with Crippen LogP contribution in [0.15, 0.2) is 63.9 Å². The van der Waals surface area contributed by atoms with Gasteiger partial charge in [-0.05, 0) is 29.5 Å². The lowest BCUT2D eigenvalue weighted by Gasteiger charge is -2.26. The molecule has 0 saturated heterocycles. The Bertz CT molecular complexity index is 1190. The smallest absolute Gasteiger partial charge is 0.260 e. The minimum atomic E-state index is -3.52. The lowest BCUT2D eigenvalue weighted by molar-refractivity contribution is -0.117. The maximum Gasteiger partial charge on any atom is 0.260 e. The number of carbonyl (C=O) groups excluding carboxylic acids is 1. The van der Waals surface area contributed by atoms with Gasteiger partial charge in [0.2, 0.25) is 0 Å². The second kappa shape index (κ2) is 7.93. The normalized spacial score (nSPS) is 21.4. The number of nitrogens with one attached hydrogen (secondary N) is 1. The van der Waals surface area contributed by atoms with Crippen LogP contribution in [0.3, 0.4) is 0 Å². The van der Waals surface area contributed by atoms with Gasteiger partial charge >= 0.3 is 0 Å². The number of nitrogens with zero attached hydrogens (tertiary/aromatic N) is 2. The summed E-state index contributed by atoms with van der Waals surface area (Å²) >= 11 is 1.08. The summed E-state index contributed by atoms with van der Waals surface area (Å²) in [7, 11) is -3.52. The van der Waals surface area contributed by atoms with Gasteiger partial charge in [-0.1, -0.05) is 42.5 Å². The number of thioether (sulfide) groups is 1. The highest BCUT2D eigenvalue weighted by Gasteiger charge is 2.38. The van der Waals surface area contributed by atoms with Crippen molar-refractivity contribution in [3.05, 3.63) is 65.1 Å². The first kappa shape index (κ1) is 20.0. The van der Waals surface area contributed by atoms with E-state index in [0.717, 1.165) is 17.3 Å². The average Bonchev–Trinajstić information content (AvgIpc) is 3.15. The average molecular weight is 458 g/mol. The van der Waals surface area contributed by atoms with Gasteiger partial charge in [0.1, 0.15) is 17.6 Å². The van der Waals surface area contributed by atoms with E-state index in [-0.39, 0.29) is 30.9 Å². The molecule has 8 nitrogen and oxygen atoms in total. The molecule has 0 bridgehead atoms. The Hall–Kier alpha value is -2.98. The monoisotopic (exact) mass is 457 g/mol. The number of ether oxygens (including phenoxy) is 2. The second-order valence-corrected chi connectivity index (χ2v) is 9.90. The molecular formula is C21H19N3O5S2. The molecule has 0 fully saturated rings. The third-order valence-corrected chi connectivity index (χ3v) is 7.35. The van der Waals surface area contributed by atoms with Gasteiger partial charge in [0.25, 0.3) is 15.9 Å². The van der Waals surface area contributed by atoms with Crippen LogP contribution in [0.5, 0.6) is 11.5 Å². The molecule has 0 radical (unpaired) electrons. The van der Waals surface area contributed by atoms with Crippen LogP contribution in [-0.4, -0.2) is 55.9 Å². The molecule has 5 rings (SSSR count). The highest BCUT2D eigenvalue weighted by atomic mass is 32.2. The fourth-order valence-corrected chi connectivity index (χ4v) is 5.84. The third-order valence-electron chi connectivity index (χ3n) is 5.01. The summed E-state index contributed by atoms with van der Waals surface area (Å²) in [4.78, 5) is 15.3. The number of para-hydroxylation sites is 2. The van der Waals surface area contributed by atoms with E-state index in [1.807, 2.05) is 54.6 Å². The van der Waals surface area contributed by atoms with Gasteiger partial charge in [-0.25, -0.2) is 8.42 Å². The van der Waals surface area contributed by atoms with Crippen LogP contribution >= 0.6 is 11.8 Å². The molecule has 2 aromatic rings. The Balaban J connectivity index is 1.37. The third kappa shape index (κ3) is 4.00. The number of sulfonamides is 1. The number of rotatable bonds is 4. The first-order valence-electron chi connectivity index (χ1n) is 9.74. The molecule has 3 heterocycles. The van der Waals surface area contributed by atoms with E-state index in [9.17, 15) is 13.2 Å².